The number of hydrogen-bond donors (Lipinski definition) is 0. The smallest absolute Gasteiger partial charge is 0.306 e. The molecule has 0 spiro atoms. The molecule has 512 valence electrons. The maximum absolute atomic E-state index is 12.9. The quantitative estimate of drug-likeness (QED) is 0.0195. The first kappa shape index (κ1) is 85.6. The van der Waals surface area contributed by atoms with Crippen molar-refractivity contribution < 1.29 is 42.1 Å². The zero-order valence-corrected chi connectivity index (χ0v) is 59.2. The van der Waals surface area contributed by atoms with Crippen LogP contribution in [-0.2, 0) is 32.7 Å². The fourth-order valence-corrected chi connectivity index (χ4v) is 10.3. The SMILES string of the molecule is CC/C=C\C/C=C\C/C=C\C/C=C\C/C=C\C/C=C\C/C=C\C/C=C\CCCCCCCCCCC(=O)OC(COC(=O)CCCCCCCCCCCCCCCCCCC/C=C\C/C=C\C/C=C\C/C=C\C/C=C\CC)COP(=O)([O-])OCC[N+](C)(C)C. The molecule has 0 amide bonds. The zero-order chi connectivity index (χ0) is 65.5. The number of esters is 2. The van der Waals surface area contributed by atoms with Gasteiger partial charge in [0, 0.05) is 12.8 Å². The standard InChI is InChI=1S/C80H134NO8P/c1-6-8-10-12-14-16-18-20-22-24-26-28-30-32-34-36-38-40-42-44-46-48-50-52-54-56-58-60-62-64-66-68-70-72-79(82)86-76-78(77-88-90(84,85)87-75-74-81(3,4)5)89-80(83)73-71-69-67-65-63-61-59-57-55-53-51-49-47-45-43-41-39-37-35-33-31-29-27-25-23-21-19-17-15-13-11-9-7-2/h8-11,14-17,20-23,26-29,32-35,39,41,45,47,51,53,78H,6-7,12-13,18-19,24-25,30-31,36-38,40,42-44,46,48-50,52,54-77H2,1-5H3/b10-8-,11-9-,16-14-,17-15-,22-20-,23-21-,28-26-,29-27-,34-32-,35-33-,41-39-,47-45-,53-51-. The Morgan fingerprint density at radius 1 is 0.344 bits per heavy atom. The van der Waals surface area contributed by atoms with Crippen LogP contribution in [0, 0.1) is 0 Å². The first-order chi connectivity index (χ1) is 44.0. The highest BCUT2D eigenvalue weighted by atomic mass is 31.2. The molecule has 0 aromatic heterocycles. The molecule has 0 aromatic carbocycles. The highest BCUT2D eigenvalue weighted by Gasteiger charge is 2.22. The van der Waals surface area contributed by atoms with Crippen LogP contribution in [0.2, 0.25) is 0 Å². The lowest BCUT2D eigenvalue weighted by molar-refractivity contribution is -0.870. The lowest BCUT2D eigenvalue weighted by Gasteiger charge is -2.28. The van der Waals surface area contributed by atoms with Gasteiger partial charge in [-0.3, -0.25) is 14.2 Å². The minimum absolute atomic E-state index is 0.0393. The van der Waals surface area contributed by atoms with Gasteiger partial charge in [-0.25, -0.2) is 0 Å². The van der Waals surface area contributed by atoms with E-state index in [1.165, 1.54) is 122 Å². The van der Waals surface area contributed by atoms with Crippen LogP contribution in [0.4, 0.5) is 0 Å². The first-order valence-electron chi connectivity index (χ1n) is 36.2. The van der Waals surface area contributed by atoms with Gasteiger partial charge < -0.3 is 27.9 Å². The Hall–Kier alpha value is -4.37. The average molecular weight is 1270 g/mol. The molecule has 0 radical (unpaired) electrons. The summed E-state index contributed by atoms with van der Waals surface area (Å²) >= 11 is 0. The van der Waals surface area contributed by atoms with Gasteiger partial charge in [-0.05, 0) is 122 Å². The van der Waals surface area contributed by atoms with Crippen LogP contribution in [0.3, 0.4) is 0 Å². The van der Waals surface area contributed by atoms with Gasteiger partial charge in [-0.15, -0.1) is 0 Å². The van der Waals surface area contributed by atoms with E-state index >= 15 is 0 Å². The fourth-order valence-electron chi connectivity index (χ4n) is 9.58. The molecular weight excluding hydrogens is 1130 g/mol. The Morgan fingerprint density at radius 3 is 0.889 bits per heavy atom. The Kier molecular flexibility index (Phi) is 65.6. The summed E-state index contributed by atoms with van der Waals surface area (Å²) in [5.41, 5.74) is 0. The number of quaternary nitrogens is 1. The van der Waals surface area contributed by atoms with E-state index in [1.807, 2.05) is 21.1 Å². The monoisotopic (exact) mass is 1270 g/mol. The number of likely N-dealkylation sites (N-methyl/N-ethyl adjacent to an activating group) is 1. The van der Waals surface area contributed by atoms with Crippen molar-refractivity contribution in [2.24, 2.45) is 0 Å². The maximum atomic E-state index is 12.9. The summed E-state index contributed by atoms with van der Waals surface area (Å²) in [4.78, 5) is 38.1. The largest absolute Gasteiger partial charge is 0.756 e. The van der Waals surface area contributed by atoms with Crippen molar-refractivity contribution in [1.82, 2.24) is 0 Å². The molecule has 0 heterocycles. The number of allylic oxidation sites excluding steroid dienone is 26. The molecule has 9 nitrogen and oxygen atoms in total. The van der Waals surface area contributed by atoms with Gasteiger partial charge in [0.05, 0.1) is 27.7 Å². The Bertz CT molecular complexity index is 2080. The number of rotatable bonds is 65. The summed E-state index contributed by atoms with van der Waals surface area (Å²) in [6, 6.07) is 0. The van der Waals surface area contributed by atoms with Crippen molar-refractivity contribution in [2.45, 2.75) is 290 Å². The second-order valence-corrected chi connectivity index (χ2v) is 26.2. The Morgan fingerprint density at radius 2 is 0.600 bits per heavy atom. The van der Waals surface area contributed by atoms with Crippen LogP contribution in [0.15, 0.2) is 158 Å². The summed E-state index contributed by atoms with van der Waals surface area (Å²) in [7, 11) is 1.15. The minimum Gasteiger partial charge on any atom is -0.756 e. The molecular formula is C80H134NO8P. The first-order valence-corrected chi connectivity index (χ1v) is 37.7. The third-order valence-corrected chi connectivity index (χ3v) is 16.0. The molecule has 0 saturated carbocycles. The predicted molar refractivity (Wildman–Crippen MR) is 387 cm³/mol. The molecule has 0 saturated heterocycles. The number of ether oxygens (including phenoxy) is 2. The number of phosphoric ester groups is 1. The van der Waals surface area contributed by atoms with E-state index in [2.05, 4.69) is 172 Å². The van der Waals surface area contributed by atoms with E-state index < -0.39 is 26.5 Å². The third-order valence-electron chi connectivity index (χ3n) is 15.0. The van der Waals surface area contributed by atoms with E-state index in [1.54, 1.807) is 0 Å². The summed E-state index contributed by atoms with van der Waals surface area (Å²) in [5, 5.41) is 0. The van der Waals surface area contributed by atoms with Crippen LogP contribution < -0.4 is 4.89 Å². The van der Waals surface area contributed by atoms with Crippen LogP contribution in [0.5, 0.6) is 0 Å². The molecule has 0 aliphatic rings. The Balaban J connectivity index is 4.09. The molecule has 0 aliphatic heterocycles. The predicted octanol–water partition coefficient (Wildman–Crippen LogP) is 23.3. The van der Waals surface area contributed by atoms with Crippen LogP contribution in [0.25, 0.3) is 0 Å². The van der Waals surface area contributed by atoms with Crippen molar-refractivity contribution in [3.8, 4) is 0 Å². The number of carbonyl (C=O) groups excluding carboxylic acids is 2. The Labute approximate surface area is 554 Å². The summed E-state index contributed by atoms with van der Waals surface area (Å²) < 4.78 is 34.3. The highest BCUT2D eigenvalue weighted by molar-refractivity contribution is 7.45. The lowest BCUT2D eigenvalue weighted by Crippen LogP contribution is -2.37. The van der Waals surface area contributed by atoms with Gasteiger partial charge >= 0.3 is 11.9 Å². The van der Waals surface area contributed by atoms with E-state index in [0.717, 1.165) is 128 Å². The summed E-state index contributed by atoms with van der Waals surface area (Å²) in [5.74, 6) is -0.845. The van der Waals surface area contributed by atoms with E-state index in [4.69, 9.17) is 18.5 Å². The number of hydrogen-bond acceptors (Lipinski definition) is 8. The lowest BCUT2D eigenvalue weighted by atomic mass is 10.0. The molecule has 2 atom stereocenters. The van der Waals surface area contributed by atoms with Crippen molar-refractivity contribution in [3.05, 3.63) is 158 Å². The van der Waals surface area contributed by atoms with Gasteiger partial charge in [0.1, 0.15) is 19.8 Å². The normalized spacial score (nSPS) is 14.1. The van der Waals surface area contributed by atoms with E-state index in [-0.39, 0.29) is 32.0 Å². The van der Waals surface area contributed by atoms with Crippen molar-refractivity contribution in [2.75, 3.05) is 47.5 Å². The highest BCUT2D eigenvalue weighted by Crippen LogP contribution is 2.38. The van der Waals surface area contributed by atoms with Crippen LogP contribution in [0.1, 0.15) is 284 Å². The molecule has 0 bridgehead atoms. The topological polar surface area (TPSA) is 111 Å². The maximum Gasteiger partial charge on any atom is 0.306 e. The number of nitrogens with zero attached hydrogens (tertiary/aromatic N) is 1. The molecule has 0 rings (SSSR count). The third kappa shape index (κ3) is 72.7. The molecule has 10 heteroatoms. The second kappa shape index (κ2) is 69.0. The van der Waals surface area contributed by atoms with Crippen molar-refractivity contribution in [3.63, 3.8) is 0 Å². The van der Waals surface area contributed by atoms with Gasteiger partial charge in [0.2, 0.25) is 0 Å². The van der Waals surface area contributed by atoms with Gasteiger partial charge in [0.15, 0.2) is 6.10 Å². The molecule has 0 aromatic rings. The number of carbonyl (C=O) groups is 2. The van der Waals surface area contributed by atoms with Gasteiger partial charge in [-0.1, -0.05) is 307 Å². The fraction of sp³-hybridized carbons (Fsp3) is 0.650. The van der Waals surface area contributed by atoms with Crippen LogP contribution >= 0.6 is 7.82 Å². The number of unbranched alkanes of at least 4 members (excludes halogenated alkanes) is 25. The minimum atomic E-state index is -4.66. The van der Waals surface area contributed by atoms with Crippen molar-refractivity contribution >= 4 is 19.8 Å². The zero-order valence-electron chi connectivity index (χ0n) is 58.3. The van der Waals surface area contributed by atoms with Gasteiger partial charge in [-0.2, -0.15) is 0 Å². The summed E-state index contributed by atoms with van der Waals surface area (Å²) in [6.45, 7) is 4.01. The average Bonchev–Trinajstić information content (AvgIpc) is 3.58. The van der Waals surface area contributed by atoms with Crippen LogP contribution in [-0.4, -0.2) is 70.0 Å². The summed E-state index contributed by atoms with van der Waals surface area (Å²) in [6.07, 6.45) is 103. The van der Waals surface area contributed by atoms with Gasteiger partial charge in [0.25, 0.3) is 7.82 Å². The number of phosphoric acid groups is 1. The van der Waals surface area contributed by atoms with E-state index in [0.29, 0.717) is 17.4 Å². The molecule has 0 N–H and O–H groups in total. The second-order valence-electron chi connectivity index (χ2n) is 24.8. The molecule has 90 heavy (non-hydrogen) atoms. The molecule has 0 aliphatic carbocycles. The van der Waals surface area contributed by atoms with E-state index in [9.17, 15) is 19.0 Å². The van der Waals surface area contributed by atoms with Crippen molar-refractivity contribution in [1.29, 1.82) is 0 Å². The molecule has 2 unspecified atom stereocenters. The molecule has 0 fully saturated rings.